The van der Waals surface area contributed by atoms with E-state index in [0.717, 1.165) is 18.4 Å². The van der Waals surface area contributed by atoms with Crippen LogP contribution in [0.4, 0.5) is 0 Å². The zero-order chi connectivity index (χ0) is 14.5. The quantitative estimate of drug-likeness (QED) is 0.719. The van der Waals surface area contributed by atoms with E-state index in [2.05, 4.69) is 47.3 Å². The van der Waals surface area contributed by atoms with Gasteiger partial charge in [0.2, 0.25) is 0 Å². The van der Waals surface area contributed by atoms with Crippen LogP contribution in [0.3, 0.4) is 0 Å². The lowest BCUT2D eigenvalue weighted by Gasteiger charge is -2.27. The van der Waals surface area contributed by atoms with Gasteiger partial charge < -0.3 is 5.32 Å². The molecule has 0 atom stereocenters. The van der Waals surface area contributed by atoms with Crippen molar-refractivity contribution in [3.05, 3.63) is 44.8 Å². The predicted octanol–water partition coefficient (Wildman–Crippen LogP) is 5.71. The molecule has 0 aromatic carbocycles. The summed E-state index contributed by atoms with van der Waals surface area (Å²) in [5.74, 6) is 1.90. The highest BCUT2D eigenvalue weighted by atomic mass is 32.1. The molecule has 0 bridgehead atoms. The highest BCUT2D eigenvalue weighted by Gasteiger charge is 2.19. The fraction of sp³-hybridized carbons (Fsp3) is 0.556. The van der Waals surface area contributed by atoms with Gasteiger partial charge in [-0.25, -0.2) is 0 Å². The molecule has 1 N–H and O–H groups in total. The van der Waals surface area contributed by atoms with E-state index in [9.17, 15) is 0 Å². The molecule has 2 aromatic heterocycles. The average molecular weight is 320 g/mol. The van der Waals surface area contributed by atoms with Gasteiger partial charge in [0, 0.05) is 9.75 Å². The molecule has 0 aliphatic heterocycles. The van der Waals surface area contributed by atoms with Crippen LogP contribution < -0.4 is 5.32 Å². The van der Waals surface area contributed by atoms with Crippen LogP contribution >= 0.6 is 22.7 Å². The first-order valence-corrected chi connectivity index (χ1v) is 9.89. The zero-order valence-corrected chi connectivity index (χ0v) is 14.4. The van der Waals surface area contributed by atoms with Gasteiger partial charge in [-0.15, -0.1) is 22.7 Å². The molecule has 0 spiro atoms. The van der Waals surface area contributed by atoms with Crippen LogP contribution in [0.15, 0.2) is 35.0 Å². The summed E-state index contributed by atoms with van der Waals surface area (Å²) in [6.45, 7) is 3.54. The molecule has 21 heavy (non-hydrogen) atoms. The second-order valence-corrected chi connectivity index (χ2v) is 8.29. The smallest absolute Gasteiger partial charge is 0.0764 e. The molecule has 0 unspecified atom stereocenters. The van der Waals surface area contributed by atoms with Crippen molar-refractivity contribution in [3.8, 4) is 0 Å². The topological polar surface area (TPSA) is 12.0 Å². The summed E-state index contributed by atoms with van der Waals surface area (Å²) in [5.41, 5.74) is 0. The Labute approximate surface area is 136 Å². The van der Waals surface area contributed by atoms with Gasteiger partial charge in [0.05, 0.1) is 6.04 Å². The summed E-state index contributed by atoms with van der Waals surface area (Å²) in [7, 11) is 0. The highest BCUT2D eigenvalue weighted by Crippen LogP contribution is 2.32. The van der Waals surface area contributed by atoms with Gasteiger partial charge in [-0.3, -0.25) is 0 Å². The average Bonchev–Trinajstić information content (AvgIpc) is 3.19. The van der Waals surface area contributed by atoms with Crippen LogP contribution in [0.1, 0.15) is 54.8 Å². The van der Waals surface area contributed by atoms with E-state index >= 15 is 0 Å². The lowest BCUT2D eigenvalue weighted by molar-refractivity contribution is 0.274. The van der Waals surface area contributed by atoms with Crippen LogP contribution in [-0.4, -0.2) is 6.54 Å². The van der Waals surface area contributed by atoms with Crippen LogP contribution in [-0.2, 0) is 0 Å². The van der Waals surface area contributed by atoms with Crippen molar-refractivity contribution in [1.29, 1.82) is 0 Å². The van der Waals surface area contributed by atoms with Crippen molar-refractivity contribution in [2.45, 2.75) is 45.1 Å². The predicted molar refractivity (Wildman–Crippen MR) is 94.2 cm³/mol. The lowest BCUT2D eigenvalue weighted by Crippen LogP contribution is -2.25. The Bertz CT molecular complexity index is 461. The molecule has 1 aliphatic rings. The van der Waals surface area contributed by atoms with E-state index in [1.807, 2.05) is 22.7 Å². The van der Waals surface area contributed by atoms with E-state index < -0.39 is 0 Å². The van der Waals surface area contributed by atoms with Gasteiger partial charge in [0.15, 0.2) is 0 Å². The molecule has 2 heterocycles. The Morgan fingerprint density at radius 1 is 1.05 bits per heavy atom. The van der Waals surface area contributed by atoms with Gasteiger partial charge in [-0.1, -0.05) is 44.7 Å². The Kier molecular flexibility index (Phi) is 5.50. The molecule has 1 aliphatic carbocycles. The normalized spacial score (nSPS) is 22.8. The third-order valence-electron chi connectivity index (χ3n) is 4.69. The Hall–Kier alpha value is -0.640. The molecule has 0 radical (unpaired) electrons. The lowest BCUT2D eigenvalue weighted by atomic mass is 9.81. The maximum absolute atomic E-state index is 3.80. The maximum atomic E-state index is 3.80. The van der Waals surface area contributed by atoms with Crippen molar-refractivity contribution in [3.63, 3.8) is 0 Å². The third-order valence-corrected chi connectivity index (χ3v) is 6.57. The summed E-state index contributed by atoms with van der Waals surface area (Å²) in [5, 5.41) is 8.17. The van der Waals surface area contributed by atoms with Crippen molar-refractivity contribution >= 4 is 22.7 Å². The van der Waals surface area contributed by atoms with Crippen LogP contribution in [0.2, 0.25) is 0 Å². The molecule has 1 fully saturated rings. The number of nitrogens with one attached hydrogen (secondary N) is 1. The minimum absolute atomic E-state index is 0.396. The van der Waals surface area contributed by atoms with Crippen molar-refractivity contribution < 1.29 is 0 Å². The summed E-state index contributed by atoms with van der Waals surface area (Å²) in [4.78, 5) is 2.88. The van der Waals surface area contributed by atoms with Crippen molar-refractivity contribution in [1.82, 2.24) is 5.32 Å². The number of hydrogen-bond donors (Lipinski definition) is 1. The van der Waals surface area contributed by atoms with Gasteiger partial charge in [-0.2, -0.15) is 0 Å². The summed E-state index contributed by atoms with van der Waals surface area (Å²) in [6, 6.07) is 9.22. The molecular weight excluding hydrogens is 294 g/mol. The van der Waals surface area contributed by atoms with Crippen molar-refractivity contribution in [2.24, 2.45) is 11.8 Å². The minimum Gasteiger partial charge on any atom is -0.305 e. The molecule has 1 saturated carbocycles. The first-order valence-electron chi connectivity index (χ1n) is 8.13. The number of rotatable bonds is 6. The largest absolute Gasteiger partial charge is 0.305 e. The first kappa shape index (κ1) is 15.3. The second-order valence-electron chi connectivity index (χ2n) is 6.33. The first-order chi connectivity index (χ1) is 10.3. The Morgan fingerprint density at radius 3 is 2.19 bits per heavy atom. The minimum atomic E-state index is 0.396. The van der Waals surface area contributed by atoms with E-state index in [-0.39, 0.29) is 0 Å². The van der Waals surface area contributed by atoms with E-state index in [4.69, 9.17) is 0 Å². The van der Waals surface area contributed by atoms with E-state index in [1.165, 1.54) is 41.9 Å². The molecule has 3 heteroatoms. The number of hydrogen-bond acceptors (Lipinski definition) is 3. The summed E-state index contributed by atoms with van der Waals surface area (Å²) in [6.07, 6.45) is 7.07. The molecule has 3 rings (SSSR count). The summed E-state index contributed by atoms with van der Waals surface area (Å²) < 4.78 is 0. The fourth-order valence-corrected chi connectivity index (χ4v) is 5.01. The van der Waals surface area contributed by atoms with Crippen molar-refractivity contribution in [2.75, 3.05) is 6.54 Å². The van der Waals surface area contributed by atoms with E-state index in [1.54, 1.807) is 0 Å². The maximum Gasteiger partial charge on any atom is 0.0764 e. The highest BCUT2D eigenvalue weighted by molar-refractivity contribution is 7.11. The molecule has 2 aromatic rings. The third kappa shape index (κ3) is 4.18. The van der Waals surface area contributed by atoms with E-state index in [0.29, 0.717) is 6.04 Å². The molecule has 114 valence electrons. The molecule has 0 saturated heterocycles. The standard InChI is InChI=1S/C18H25NS2/c1-14-6-8-15(9-7-14)10-11-19-18(16-4-2-12-20-16)17-5-3-13-21-17/h2-5,12-15,18-19H,6-11H2,1H3. The fourth-order valence-electron chi connectivity index (χ4n) is 3.30. The summed E-state index contributed by atoms with van der Waals surface area (Å²) >= 11 is 3.72. The molecule has 0 amide bonds. The monoisotopic (exact) mass is 319 g/mol. The van der Waals surface area contributed by atoms with Gasteiger partial charge in [0.25, 0.3) is 0 Å². The van der Waals surface area contributed by atoms with Crippen LogP contribution in [0.25, 0.3) is 0 Å². The SMILES string of the molecule is CC1CCC(CCNC(c2cccs2)c2cccs2)CC1. The van der Waals surface area contributed by atoms with Gasteiger partial charge >= 0.3 is 0 Å². The molecular formula is C18H25NS2. The van der Waals surface area contributed by atoms with Gasteiger partial charge in [-0.05, 0) is 47.7 Å². The Morgan fingerprint density at radius 2 is 1.67 bits per heavy atom. The zero-order valence-electron chi connectivity index (χ0n) is 12.8. The van der Waals surface area contributed by atoms with Crippen LogP contribution in [0, 0.1) is 11.8 Å². The number of thiophene rings is 2. The molecule has 1 nitrogen and oxygen atoms in total. The second kappa shape index (κ2) is 7.57. The van der Waals surface area contributed by atoms with Gasteiger partial charge in [0.1, 0.15) is 0 Å². The van der Waals surface area contributed by atoms with Crippen LogP contribution in [0.5, 0.6) is 0 Å². The Balaban J connectivity index is 1.54.